The summed E-state index contributed by atoms with van der Waals surface area (Å²) in [6.07, 6.45) is 0.736. The van der Waals surface area contributed by atoms with E-state index in [4.69, 9.17) is 11.6 Å². The number of ketones is 1. The summed E-state index contributed by atoms with van der Waals surface area (Å²) < 4.78 is 1.94. The van der Waals surface area contributed by atoms with Crippen LogP contribution >= 0.6 is 11.6 Å². The first-order valence-corrected chi connectivity index (χ1v) is 8.99. The van der Waals surface area contributed by atoms with Crippen LogP contribution in [0.1, 0.15) is 29.4 Å². The van der Waals surface area contributed by atoms with Crippen LogP contribution in [0.5, 0.6) is 0 Å². The van der Waals surface area contributed by atoms with Gasteiger partial charge in [-0.3, -0.25) is 9.59 Å². The maximum Gasteiger partial charge on any atom is 0.299 e. The molecular formula is C21H21ClN2O2. The van der Waals surface area contributed by atoms with Crippen LogP contribution in [0.4, 0.5) is 5.69 Å². The number of carbonyl (C=O) groups excluding carboxylic acids is 2. The van der Waals surface area contributed by atoms with Crippen LogP contribution < -0.4 is 4.90 Å². The Kier molecular flexibility index (Phi) is 5.14. The predicted octanol–water partition coefficient (Wildman–Crippen LogP) is 4.77. The van der Waals surface area contributed by atoms with Gasteiger partial charge in [0, 0.05) is 40.9 Å². The Morgan fingerprint density at radius 3 is 2.54 bits per heavy atom. The topological polar surface area (TPSA) is 42.3 Å². The van der Waals surface area contributed by atoms with Crippen molar-refractivity contribution in [1.29, 1.82) is 0 Å². The van der Waals surface area contributed by atoms with E-state index >= 15 is 0 Å². The molecule has 0 radical (unpaired) electrons. The van der Waals surface area contributed by atoms with Gasteiger partial charge in [-0.2, -0.15) is 0 Å². The van der Waals surface area contributed by atoms with Crippen LogP contribution in [-0.2, 0) is 11.8 Å². The highest BCUT2D eigenvalue weighted by Gasteiger charge is 2.28. The van der Waals surface area contributed by atoms with Crippen LogP contribution in [0, 0.1) is 6.92 Å². The van der Waals surface area contributed by atoms with Gasteiger partial charge in [0.05, 0.1) is 5.56 Å². The van der Waals surface area contributed by atoms with Crippen LogP contribution in [0.2, 0.25) is 5.02 Å². The van der Waals surface area contributed by atoms with E-state index in [1.807, 2.05) is 49.7 Å². The molecule has 0 aliphatic carbocycles. The minimum absolute atomic E-state index is 0.453. The van der Waals surface area contributed by atoms with Crippen molar-refractivity contribution in [2.45, 2.75) is 20.3 Å². The number of Topliss-reactive ketones (excluding diaryl/α,β-unsaturated/α-hetero) is 1. The number of para-hydroxylation sites is 1. The zero-order chi connectivity index (χ0) is 18.8. The third-order valence-electron chi connectivity index (χ3n) is 4.63. The maximum atomic E-state index is 13.1. The minimum atomic E-state index is -0.534. The number of nitrogens with zero attached hydrogens (tertiary/aromatic N) is 2. The molecule has 0 atom stereocenters. The second-order valence-electron chi connectivity index (χ2n) is 6.30. The fourth-order valence-corrected chi connectivity index (χ4v) is 3.44. The highest BCUT2D eigenvalue weighted by molar-refractivity contribution is 6.49. The van der Waals surface area contributed by atoms with Crippen molar-refractivity contribution in [2.75, 3.05) is 11.4 Å². The first-order chi connectivity index (χ1) is 12.5. The number of hydrogen-bond donors (Lipinski definition) is 0. The van der Waals surface area contributed by atoms with Gasteiger partial charge >= 0.3 is 0 Å². The fraction of sp³-hybridized carbons (Fsp3) is 0.238. The van der Waals surface area contributed by atoms with Crippen molar-refractivity contribution in [2.24, 2.45) is 7.05 Å². The minimum Gasteiger partial charge on any atom is -0.347 e. The number of halogens is 1. The smallest absolute Gasteiger partial charge is 0.299 e. The molecule has 0 N–H and O–H groups in total. The molecule has 0 fully saturated rings. The normalized spacial score (nSPS) is 10.9. The lowest BCUT2D eigenvalue weighted by atomic mass is 10.1. The molecule has 0 spiro atoms. The first kappa shape index (κ1) is 18.2. The van der Waals surface area contributed by atoms with Gasteiger partial charge in [-0.1, -0.05) is 42.8 Å². The van der Waals surface area contributed by atoms with E-state index in [1.54, 1.807) is 24.3 Å². The molecule has 0 aliphatic heterocycles. The van der Waals surface area contributed by atoms with E-state index in [-0.39, 0.29) is 0 Å². The summed E-state index contributed by atoms with van der Waals surface area (Å²) in [6.45, 7) is 4.29. The fourth-order valence-electron chi connectivity index (χ4n) is 3.25. The molecule has 4 nitrogen and oxygen atoms in total. The number of aromatic nitrogens is 1. The van der Waals surface area contributed by atoms with Crippen molar-refractivity contribution in [3.05, 3.63) is 64.8 Å². The number of rotatable bonds is 5. The van der Waals surface area contributed by atoms with Crippen molar-refractivity contribution >= 4 is 39.9 Å². The van der Waals surface area contributed by atoms with E-state index in [1.165, 1.54) is 4.90 Å². The summed E-state index contributed by atoms with van der Waals surface area (Å²) in [5.41, 5.74) is 2.82. The van der Waals surface area contributed by atoms with E-state index < -0.39 is 11.7 Å². The van der Waals surface area contributed by atoms with Gasteiger partial charge in [0.15, 0.2) is 0 Å². The number of benzene rings is 2. The Morgan fingerprint density at radius 2 is 1.85 bits per heavy atom. The summed E-state index contributed by atoms with van der Waals surface area (Å²) >= 11 is 6.07. The van der Waals surface area contributed by atoms with Crippen LogP contribution in [-0.4, -0.2) is 22.8 Å². The van der Waals surface area contributed by atoms with E-state index in [2.05, 4.69) is 0 Å². The van der Waals surface area contributed by atoms with Crippen LogP contribution in [0.3, 0.4) is 0 Å². The third-order valence-corrected chi connectivity index (χ3v) is 4.87. The lowest BCUT2D eigenvalue weighted by Gasteiger charge is -2.21. The summed E-state index contributed by atoms with van der Waals surface area (Å²) in [4.78, 5) is 27.7. The second-order valence-corrected chi connectivity index (χ2v) is 6.74. The highest BCUT2D eigenvalue weighted by atomic mass is 35.5. The molecule has 1 heterocycles. The highest BCUT2D eigenvalue weighted by Crippen LogP contribution is 2.27. The molecule has 2 aromatic carbocycles. The molecule has 26 heavy (non-hydrogen) atoms. The molecular weight excluding hydrogens is 348 g/mol. The molecule has 0 saturated heterocycles. The summed E-state index contributed by atoms with van der Waals surface area (Å²) in [5, 5.41) is 1.33. The standard InChI is InChI=1S/C21H21ClN2O2/c1-4-12-24(16-9-7-8-15(22)13-16)21(26)20(25)19-14(2)23(3)18-11-6-5-10-17(18)19/h5-11,13H,4,12H2,1-3H3. The number of aryl methyl sites for hydroxylation is 1. The van der Waals surface area contributed by atoms with Gasteiger partial charge in [-0.15, -0.1) is 0 Å². The molecule has 0 aliphatic rings. The summed E-state index contributed by atoms with van der Waals surface area (Å²) in [6, 6.07) is 14.7. The van der Waals surface area contributed by atoms with Gasteiger partial charge in [0.2, 0.25) is 0 Å². The van der Waals surface area contributed by atoms with Crippen molar-refractivity contribution in [3.63, 3.8) is 0 Å². The van der Waals surface area contributed by atoms with Gasteiger partial charge < -0.3 is 9.47 Å². The zero-order valence-electron chi connectivity index (χ0n) is 15.1. The molecule has 1 aromatic heterocycles. The molecule has 134 valence electrons. The largest absolute Gasteiger partial charge is 0.347 e. The molecule has 3 rings (SSSR count). The Morgan fingerprint density at radius 1 is 1.12 bits per heavy atom. The molecule has 0 saturated carbocycles. The van der Waals surface area contributed by atoms with Crippen molar-refractivity contribution in [3.8, 4) is 0 Å². The third kappa shape index (κ3) is 3.13. The predicted molar refractivity (Wildman–Crippen MR) is 106 cm³/mol. The number of anilines is 1. The molecule has 0 bridgehead atoms. The Hall–Kier alpha value is -2.59. The maximum absolute atomic E-state index is 13.1. The molecule has 0 unspecified atom stereocenters. The molecule has 1 amide bonds. The lowest BCUT2D eigenvalue weighted by Crippen LogP contribution is -2.37. The monoisotopic (exact) mass is 368 g/mol. The van der Waals surface area contributed by atoms with Gasteiger partial charge in [0.25, 0.3) is 11.7 Å². The first-order valence-electron chi connectivity index (χ1n) is 8.61. The number of fused-ring (bicyclic) bond motifs is 1. The molecule has 3 aromatic rings. The van der Waals surface area contributed by atoms with Gasteiger partial charge in [-0.25, -0.2) is 0 Å². The number of amides is 1. The quantitative estimate of drug-likeness (QED) is 0.481. The van der Waals surface area contributed by atoms with Gasteiger partial charge in [0.1, 0.15) is 0 Å². The van der Waals surface area contributed by atoms with Crippen molar-refractivity contribution < 1.29 is 9.59 Å². The molecule has 5 heteroatoms. The summed E-state index contributed by atoms with van der Waals surface area (Å²) in [7, 11) is 1.90. The van der Waals surface area contributed by atoms with Gasteiger partial charge in [-0.05, 0) is 37.6 Å². The SMILES string of the molecule is CCCN(C(=O)C(=O)c1c(C)n(C)c2ccccc12)c1cccc(Cl)c1. The average molecular weight is 369 g/mol. The number of carbonyl (C=O) groups is 2. The number of hydrogen-bond acceptors (Lipinski definition) is 2. The Labute approximate surface area is 158 Å². The van der Waals surface area contributed by atoms with E-state index in [9.17, 15) is 9.59 Å². The van der Waals surface area contributed by atoms with Crippen LogP contribution in [0.15, 0.2) is 48.5 Å². The summed E-state index contributed by atoms with van der Waals surface area (Å²) in [5.74, 6) is -1.03. The van der Waals surface area contributed by atoms with E-state index in [0.717, 1.165) is 23.0 Å². The Bertz CT molecular complexity index is 991. The van der Waals surface area contributed by atoms with E-state index in [0.29, 0.717) is 22.8 Å². The van der Waals surface area contributed by atoms with Crippen molar-refractivity contribution in [1.82, 2.24) is 4.57 Å². The Balaban J connectivity index is 2.06. The lowest BCUT2D eigenvalue weighted by molar-refractivity contribution is -0.114. The zero-order valence-corrected chi connectivity index (χ0v) is 15.9. The van der Waals surface area contributed by atoms with Crippen LogP contribution in [0.25, 0.3) is 10.9 Å². The second kappa shape index (κ2) is 7.34. The average Bonchev–Trinajstić information content (AvgIpc) is 2.90.